The first-order valence-electron chi connectivity index (χ1n) is 7.53. The van der Waals surface area contributed by atoms with E-state index in [0.29, 0.717) is 11.1 Å². The quantitative estimate of drug-likeness (QED) is 0.599. The van der Waals surface area contributed by atoms with Gasteiger partial charge in [-0.1, -0.05) is 22.7 Å². The molecule has 2 aliphatic rings. The number of nitrogens with zero attached hydrogens (tertiary/aromatic N) is 3. The third kappa shape index (κ3) is 2.62. The van der Waals surface area contributed by atoms with Gasteiger partial charge in [-0.05, 0) is 0 Å². The van der Waals surface area contributed by atoms with Crippen LogP contribution in [0.2, 0.25) is 0 Å². The first-order valence-corrected chi connectivity index (χ1v) is 9.29. The van der Waals surface area contributed by atoms with Crippen molar-refractivity contribution < 1.29 is 24.4 Å². The van der Waals surface area contributed by atoms with E-state index in [1.54, 1.807) is 10.8 Å². The van der Waals surface area contributed by atoms with Crippen LogP contribution >= 0.6 is 22.7 Å². The van der Waals surface area contributed by atoms with Crippen molar-refractivity contribution >= 4 is 32.7 Å². The first-order chi connectivity index (χ1) is 12.4. The lowest BCUT2D eigenvalue weighted by atomic mass is 10.0. The summed E-state index contributed by atoms with van der Waals surface area (Å²) in [4.78, 5) is 22.8. The highest BCUT2D eigenvalue weighted by molar-refractivity contribution is 7.13. The fraction of sp³-hybridized carbons (Fsp3) is 0.429. The van der Waals surface area contributed by atoms with Crippen molar-refractivity contribution in [2.24, 2.45) is 0 Å². The zero-order valence-electron chi connectivity index (χ0n) is 13.1. The zero-order valence-corrected chi connectivity index (χ0v) is 14.8. The normalized spacial score (nSPS) is 28.3. The molecule has 1 N–H and O–H groups in total. The van der Waals surface area contributed by atoms with Crippen molar-refractivity contribution in [2.45, 2.75) is 18.0 Å². The Labute approximate surface area is 154 Å². The molecule has 2 aromatic heterocycles. The average molecular weight is 399 g/mol. The molecule has 3 atom stereocenters. The van der Waals surface area contributed by atoms with Gasteiger partial charge in [-0.25, -0.2) is 4.90 Å². The fourth-order valence-corrected chi connectivity index (χ4v) is 4.72. The van der Waals surface area contributed by atoms with Crippen LogP contribution in [0.15, 0.2) is 22.9 Å². The van der Waals surface area contributed by atoms with Gasteiger partial charge in [-0.2, -0.15) is 0 Å². The van der Waals surface area contributed by atoms with E-state index in [1.807, 2.05) is 4.90 Å². The molecular weight excluding hydrogens is 386 g/mol. The van der Waals surface area contributed by atoms with Gasteiger partial charge in [0.25, 0.3) is 0 Å². The van der Waals surface area contributed by atoms with Gasteiger partial charge in [0, 0.05) is 34.0 Å². The van der Waals surface area contributed by atoms with Crippen molar-refractivity contribution in [3.63, 3.8) is 0 Å². The van der Waals surface area contributed by atoms with Gasteiger partial charge < -0.3 is 14.6 Å². The molecule has 2 aliphatic heterocycles. The van der Waals surface area contributed by atoms with Crippen LogP contribution < -0.4 is 0 Å². The molecule has 0 spiro atoms. The molecular formula is C14H13N3O7S2. The summed E-state index contributed by atoms with van der Waals surface area (Å²) >= 11 is 1.99. The van der Waals surface area contributed by atoms with E-state index in [4.69, 9.17) is 9.47 Å². The first kappa shape index (κ1) is 17.5. The van der Waals surface area contributed by atoms with E-state index in [9.17, 15) is 25.3 Å². The smallest absolute Gasteiger partial charge is 0.324 e. The molecule has 4 rings (SSSR count). The van der Waals surface area contributed by atoms with Crippen LogP contribution in [0.5, 0.6) is 0 Å². The van der Waals surface area contributed by atoms with Crippen LogP contribution in [0.25, 0.3) is 0 Å². The number of hydrogen-bond donors (Lipinski definition) is 1. The molecule has 26 heavy (non-hydrogen) atoms. The molecule has 0 aliphatic carbocycles. The maximum atomic E-state index is 11.0. The summed E-state index contributed by atoms with van der Waals surface area (Å²) in [7, 11) is 0. The molecule has 138 valence electrons. The molecule has 0 radical (unpaired) electrons. The second-order valence-corrected chi connectivity index (χ2v) is 7.85. The number of hydrogen-bond acceptors (Lipinski definition) is 10. The van der Waals surface area contributed by atoms with Gasteiger partial charge in [-0.3, -0.25) is 20.2 Å². The lowest BCUT2D eigenvalue weighted by Gasteiger charge is -2.32. The second-order valence-electron chi connectivity index (χ2n) is 6.07. The summed E-state index contributed by atoms with van der Waals surface area (Å²) in [5.41, 5.74) is 0.400. The maximum absolute atomic E-state index is 11.0. The van der Waals surface area contributed by atoms with Gasteiger partial charge in [0.2, 0.25) is 0 Å². The Kier molecular flexibility index (Phi) is 4.25. The third-order valence-electron chi connectivity index (χ3n) is 4.51. The number of thiophene rings is 2. The van der Waals surface area contributed by atoms with Crippen molar-refractivity contribution in [3.8, 4) is 0 Å². The van der Waals surface area contributed by atoms with Crippen LogP contribution in [-0.4, -0.2) is 45.2 Å². The monoisotopic (exact) mass is 399 g/mol. The summed E-state index contributed by atoms with van der Waals surface area (Å²) in [5, 5.41) is 35.1. The Morgan fingerprint density at radius 3 is 1.88 bits per heavy atom. The Hall–Kier alpha value is -1.96. The van der Waals surface area contributed by atoms with Crippen LogP contribution in [0.3, 0.4) is 0 Å². The van der Waals surface area contributed by atoms with Gasteiger partial charge in [0.05, 0.1) is 35.2 Å². The van der Waals surface area contributed by atoms with Crippen molar-refractivity contribution in [3.05, 3.63) is 54.2 Å². The van der Waals surface area contributed by atoms with Crippen LogP contribution in [0.4, 0.5) is 10.0 Å². The Balaban J connectivity index is 1.70. The Morgan fingerprint density at radius 1 is 1.08 bits per heavy atom. The molecule has 4 heterocycles. The Bertz CT molecular complexity index is 802. The highest BCUT2D eigenvalue weighted by atomic mass is 32.1. The highest BCUT2D eigenvalue weighted by Gasteiger charge is 2.57. The second kappa shape index (κ2) is 6.33. The van der Waals surface area contributed by atoms with Gasteiger partial charge >= 0.3 is 10.0 Å². The van der Waals surface area contributed by atoms with E-state index in [-0.39, 0.29) is 29.8 Å². The zero-order chi connectivity index (χ0) is 18.5. The number of rotatable bonds is 5. The molecule has 12 heteroatoms. The van der Waals surface area contributed by atoms with Gasteiger partial charge in [-0.15, -0.1) is 0 Å². The van der Waals surface area contributed by atoms with Crippen molar-refractivity contribution in [1.82, 2.24) is 4.90 Å². The number of ether oxygens (including phenoxy) is 2. The number of fused-ring (bicyclic) bond motifs is 1. The lowest BCUT2D eigenvalue weighted by Crippen LogP contribution is -2.47. The van der Waals surface area contributed by atoms with E-state index >= 15 is 0 Å². The van der Waals surface area contributed by atoms with Crippen molar-refractivity contribution in [1.29, 1.82) is 0 Å². The summed E-state index contributed by atoms with van der Waals surface area (Å²) in [6, 6.07) is 2.88. The minimum atomic E-state index is -0.789. The molecule has 2 saturated heterocycles. The summed E-state index contributed by atoms with van der Waals surface area (Å²) in [6.45, 7) is 0.166. The number of aliphatic hydroxyl groups is 1. The summed E-state index contributed by atoms with van der Waals surface area (Å²) < 4.78 is 11.7. The molecule has 0 amide bonds. The third-order valence-corrected chi connectivity index (χ3v) is 6.31. The van der Waals surface area contributed by atoms with Crippen LogP contribution in [0, 0.1) is 20.2 Å². The molecule has 0 saturated carbocycles. The predicted molar refractivity (Wildman–Crippen MR) is 91.0 cm³/mol. The molecule has 1 unspecified atom stereocenters. The number of aliphatic hydroxyl groups excluding tert-OH is 1. The highest BCUT2D eigenvalue weighted by Crippen LogP contribution is 2.50. The lowest BCUT2D eigenvalue weighted by molar-refractivity contribution is -0.380. The van der Waals surface area contributed by atoms with Crippen molar-refractivity contribution in [2.75, 3.05) is 19.8 Å². The SMILES string of the molecule is O=[N+]([O-])c1cc([C@H]2OCC3(CO)CO[C@@H](c4csc([N+](=O)[O-])c4)N23)cs1. The molecule has 2 fully saturated rings. The van der Waals surface area contributed by atoms with Gasteiger partial charge in [0.15, 0.2) is 0 Å². The largest absolute Gasteiger partial charge is 0.394 e. The van der Waals surface area contributed by atoms with E-state index in [2.05, 4.69) is 0 Å². The number of nitro groups is 2. The summed E-state index contributed by atoms with van der Waals surface area (Å²) in [6.07, 6.45) is -1.28. The van der Waals surface area contributed by atoms with E-state index < -0.39 is 27.8 Å². The maximum Gasteiger partial charge on any atom is 0.324 e. The molecule has 2 aromatic rings. The fourth-order valence-electron chi connectivity index (χ4n) is 3.26. The van der Waals surface area contributed by atoms with Crippen LogP contribution in [-0.2, 0) is 9.47 Å². The minimum absolute atomic E-state index is 0.00654. The molecule has 0 aromatic carbocycles. The van der Waals surface area contributed by atoms with Gasteiger partial charge in [0.1, 0.15) is 12.5 Å². The molecule has 0 bridgehead atoms. The molecule has 10 nitrogen and oxygen atoms in total. The minimum Gasteiger partial charge on any atom is -0.394 e. The predicted octanol–water partition coefficient (Wildman–Crippen LogP) is 2.42. The Morgan fingerprint density at radius 2 is 1.54 bits per heavy atom. The summed E-state index contributed by atoms with van der Waals surface area (Å²) in [5.74, 6) is 0. The average Bonchev–Trinajstić information content (AvgIpc) is 3.36. The van der Waals surface area contributed by atoms with E-state index in [1.165, 1.54) is 12.1 Å². The standard InChI is InChI=1S/C14H13N3O7S2/c18-5-14-6-23-12(8-1-10(16(19)20)25-3-8)15(14)13(24-7-14)9-2-11(17(21)22)26-4-9/h1-4,12-13,18H,5-7H2/t12-,13+,14?. The van der Waals surface area contributed by atoms with Crippen LogP contribution in [0.1, 0.15) is 23.6 Å². The topological polar surface area (TPSA) is 128 Å². The van der Waals surface area contributed by atoms with E-state index in [0.717, 1.165) is 22.7 Å².